The van der Waals surface area contributed by atoms with E-state index in [1.165, 1.54) is 113 Å². The number of aliphatic hydroxyl groups excluding tert-OH is 1. The minimum atomic E-state index is -4.27. The van der Waals surface area contributed by atoms with Crippen LogP contribution in [0, 0.1) is 13.8 Å². The van der Waals surface area contributed by atoms with Gasteiger partial charge in [-0.05, 0) is 25.5 Å². The number of hydrogen-bond donors (Lipinski definition) is 1. The van der Waals surface area contributed by atoms with Gasteiger partial charge in [-0.2, -0.15) is 4.57 Å². The molecular formula is C29H49NO4S2. The first-order valence-corrected chi connectivity index (χ1v) is 16.2. The number of aryl methyl sites for hydroxylation is 2. The normalized spacial score (nSPS) is 11.4. The Labute approximate surface area is 224 Å². The minimum Gasteiger partial charge on any atom is -0.744 e. The number of rotatable bonds is 18. The molecule has 1 heterocycles. The predicted molar refractivity (Wildman–Crippen MR) is 149 cm³/mol. The molecule has 0 atom stereocenters. The lowest BCUT2D eigenvalue weighted by atomic mass is 10.0. The molecule has 206 valence electrons. The summed E-state index contributed by atoms with van der Waals surface area (Å²) in [4.78, 5) is 1.16. The third-order valence-corrected chi connectivity index (χ3v) is 8.55. The Morgan fingerprint density at radius 3 is 1.72 bits per heavy atom. The van der Waals surface area contributed by atoms with Gasteiger partial charge in [-0.1, -0.05) is 113 Å². The zero-order valence-corrected chi connectivity index (χ0v) is 24.5. The largest absolute Gasteiger partial charge is 0.744 e. The molecule has 0 aliphatic heterocycles. The maximum Gasteiger partial charge on any atom is 0.225 e. The van der Waals surface area contributed by atoms with E-state index in [0.717, 1.165) is 18.5 Å². The van der Waals surface area contributed by atoms with Gasteiger partial charge in [0.05, 0.1) is 9.77 Å². The van der Waals surface area contributed by atoms with Gasteiger partial charge in [0.25, 0.3) is 0 Å². The number of aliphatic hydroxyl groups is 1. The maximum atomic E-state index is 10.4. The van der Waals surface area contributed by atoms with Crippen molar-refractivity contribution < 1.29 is 22.6 Å². The Balaban J connectivity index is 0.000000488. The highest BCUT2D eigenvalue weighted by molar-refractivity contribution is 7.85. The molecule has 1 aromatic heterocycles. The molecule has 0 radical (unpaired) electrons. The van der Waals surface area contributed by atoms with E-state index < -0.39 is 10.1 Å². The molecule has 1 N–H and O–H groups in total. The molecule has 0 aliphatic carbocycles. The van der Waals surface area contributed by atoms with E-state index in [0.29, 0.717) is 0 Å². The van der Waals surface area contributed by atoms with Crippen LogP contribution < -0.4 is 4.57 Å². The van der Waals surface area contributed by atoms with E-state index in [-0.39, 0.29) is 11.5 Å². The summed E-state index contributed by atoms with van der Waals surface area (Å²) < 4.78 is 33.5. The van der Waals surface area contributed by atoms with Crippen molar-refractivity contribution in [2.24, 2.45) is 0 Å². The molecule has 0 spiro atoms. The molecule has 1 aromatic carbocycles. The quantitative estimate of drug-likeness (QED) is 0.123. The van der Waals surface area contributed by atoms with Gasteiger partial charge in [-0.25, -0.2) is 8.42 Å². The Morgan fingerprint density at radius 1 is 0.806 bits per heavy atom. The third-order valence-electron chi connectivity index (χ3n) is 6.56. The van der Waals surface area contributed by atoms with Gasteiger partial charge in [-0.15, -0.1) is 0 Å². The number of benzene rings is 1. The number of nitrogens with zero attached hydrogens (tertiary/aromatic N) is 1. The van der Waals surface area contributed by atoms with E-state index in [4.69, 9.17) is 5.11 Å². The van der Waals surface area contributed by atoms with Gasteiger partial charge in [-0.3, -0.25) is 0 Å². The standard InChI is InChI=1S/C22H42NOS.C7H8O3S/c1-3-4-5-6-7-8-9-10-11-12-13-14-15-16-18-23-20-25-22(17-19-24)21(23)2;1-6-2-4-7(5-3-6)11(8,9)10/h20,24H,3-19H2,1-2H3;2-5H,1H3,(H,8,9,10)/q+1;/p-1. The molecule has 2 aromatic rings. The lowest BCUT2D eigenvalue weighted by Crippen LogP contribution is -2.34. The summed E-state index contributed by atoms with van der Waals surface area (Å²) >= 11 is 1.79. The van der Waals surface area contributed by atoms with E-state index in [1.54, 1.807) is 23.5 Å². The second kappa shape index (κ2) is 19.8. The first kappa shape index (κ1) is 32.7. The van der Waals surface area contributed by atoms with Gasteiger partial charge in [0.2, 0.25) is 5.51 Å². The average Bonchev–Trinajstić information content (AvgIpc) is 3.19. The third kappa shape index (κ3) is 15.1. The maximum absolute atomic E-state index is 10.4. The monoisotopic (exact) mass is 539 g/mol. The van der Waals surface area contributed by atoms with Crippen LogP contribution in [0.15, 0.2) is 34.7 Å². The lowest BCUT2D eigenvalue weighted by molar-refractivity contribution is -0.698. The molecule has 7 heteroatoms. The van der Waals surface area contributed by atoms with Crippen molar-refractivity contribution in [2.45, 2.75) is 129 Å². The predicted octanol–water partition coefficient (Wildman–Crippen LogP) is 7.26. The number of aromatic nitrogens is 1. The van der Waals surface area contributed by atoms with E-state index in [2.05, 4.69) is 23.9 Å². The molecule has 36 heavy (non-hydrogen) atoms. The molecule has 0 unspecified atom stereocenters. The topological polar surface area (TPSA) is 81.3 Å². The Hall–Kier alpha value is -1.28. The highest BCUT2D eigenvalue weighted by atomic mass is 32.2. The molecule has 0 saturated heterocycles. The summed E-state index contributed by atoms with van der Waals surface area (Å²) in [6, 6.07) is 5.78. The fourth-order valence-electron chi connectivity index (χ4n) is 4.20. The molecule has 0 amide bonds. The minimum absolute atomic E-state index is 0.178. The van der Waals surface area contributed by atoms with Gasteiger partial charge >= 0.3 is 0 Å². The van der Waals surface area contributed by atoms with Gasteiger partial charge < -0.3 is 9.66 Å². The Bertz CT molecular complexity index is 908. The second-order valence-electron chi connectivity index (χ2n) is 9.76. The van der Waals surface area contributed by atoms with E-state index in [1.807, 2.05) is 6.92 Å². The van der Waals surface area contributed by atoms with Crippen molar-refractivity contribution >= 4 is 21.5 Å². The van der Waals surface area contributed by atoms with Crippen LogP contribution in [-0.4, -0.2) is 24.7 Å². The van der Waals surface area contributed by atoms with Crippen LogP contribution >= 0.6 is 11.3 Å². The van der Waals surface area contributed by atoms with Crippen molar-refractivity contribution in [3.05, 3.63) is 45.9 Å². The fourth-order valence-corrected chi connectivity index (χ4v) is 5.68. The summed E-state index contributed by atoms with van der Waals surface area (Å²) in [6.45, 7) is 7.70. The smallest absolute Gasteiger partial charge is 0.225 e. The molecular weight excluding hydrogens is 490 g/mol. The highest BCUT2D eigenvalue weighted by Gasteiger charge is 2.13. The van der Waals surface area contributed by atoms with Gasteiger partial charge in [0.1, 0.15) is 16.7 Å². The Kier molecular flexibility index (Phi) is 18.0. The van der Waals surface area contributed by atoms with Crippen LogP contribution in [0.3, 0.4) is 0 Å². The fraction of sp³-hybridized carbons (Fsp3) is 0.690. The first-order chi connectivity index (χ1) is 17.3. The Morgan fingerprint density at radius 2 is 1.28 bits per heavy atom. The molecule has 5 nitrogen and oxygen atoms in total. The van der Waals surface area contributed by atoms with Crippen LogP contribution in [0.5, 0.6) is 0 Å². The van der Waals surface area contributed by atoms with E-state index in [9.17, 15) is 13.0 Å². The van der Waals surface area contributed by atoms with Gasteiger partial charge in [0, 0.05) is 26.4 Å². The molecule has 2 rings (SSSR count). The highest BCUT2D eigenvalue weighted by Crippen LogP contribution is 2.14. The second-order valence-corrected chi connectivity index (χ2v) is 12.1. The van der Waals surface area contributed by atoms with Crippen LogP contribution in [0.25, 0.3) is 0 Å². The summed E-state index contributed by atoms with van der Waals surface area (Å²) in [7, 11) is -4.27. The molecule has 0 saturated carbocycles. The zero-order chi connectivity index (χ0) is 26.7. The summed E-state index contributed by atoms with van der Waals surface area (Å²) in [5.74, 6) is 0. The van der Waals surface area contributed by atoms with Crippen LogP contribution in [-0.2, 0) is 23.1 Å². The van der Waals surface area contributed by atoms with Crippen molar-refractivity contribution in [3.8, 4) is 0 Å². The number of hydrogen-bond acceptors (Lipinski definition) is 5. The zero-order valence-electron chi connectivity index (χ0n) is 22.8. The number of unbranched alkanes of at least 4 members (excludes halogenated alkanes) is 13. The summed E-state index contributed by atoms with van der Waals surface area (Å²) in [5, 5.41) is 9.06. The van der Waals surface area contributed by atoms with Gasteiger partial charge in [0.15, 0.2) is 5.69 Å². The van der Waals surface area contributed by atoms with Crippen LogP contribution in [0.1, 0.15) is 113 Å². The average molecular weight is 540 g/mol. The summed E-state index contributed by atoms with van der Waals surface area (Å²) in [6.07, 6.45) is 20.6. The van der Waals surface area contributed by atoms with Crippen molar-refractivity contribution in [1.82, 2.24) is 0 Å². The van der Waals surface area contributed by atoms with Crippen molar-refractivity contribution in [1.29, 1.82) is 0 Å². The van der Waals surface area contributed by atoms with Crippen LogP contribution in [0.2, 0.25) is 0 Å². The first-order valence-electron chi connectivity index (χ1n) is 13.9. The molecule has 0 fully saturated rings. The van der Waals surface area contributed by atoms with Crippen molar-refractivity contribution in [2.75, 3.05) is 6.61 Å². The van der Waals surface area contributed by atoms with Crippen LogP contribution in [0.4, 0.5) is 0 Å². The molecule has 0 bridgehead atoms. The lowest BCUT2D eigenvalue weighted by Gasteiger charge is -2.05. The van der Waals surface area contributed by atoms with Crippen molar-refractivity contribution in [3.63, 3.8) is 0 Å². The summed E-state index contributed by atoms with van der Waals surface area (Å²) in [5.41, 5.74) is 4.51. The molecule has 0 aliphatic rings. The number of thiazole rings is 1. The SMILES string of the molecule is CCCCCCCCCCCCCCCC[n+]1csc(CCO)c1C.Cc1ccc(S(=O)(=O)[O-])cc1. The van der Waals surface area contributed by atoms with E-state index >= 15 is 0 Å².